The van der Waals surface area contributed by atoms with Crippen LogP contribution < -0.4 is 0 Å². The molecular weight excluding hydrogens is 502 g/mol. The lowest BCUT2D eigenvalue weighted by Gasteiger charge is -2.15. The van der Waals surface area contributed by atoms with Gasteiger partial charge in [0.25, 0.3) is 5.69 Å². The van der Waals surface area contributed by atoms with Gasteiger partial charge >= 0.3 is 0 Å². The van der Waals surface area contributed by atoms with Crippen molar-refractivity contribution in [1.82, 2.24) is 4.57 Å². The zero-order chi connectivity index (χ0) is 24.2. The molecule has 6 heteroatoms. The van der Waals surface area contributed by atoms with Crippen LogP contribution in [0.1, 0.15) is 5.56 Å². The van der Waals surface area contributed by atoms with Gasteiger partial charge in [0.05, 0.1) is 22.0 Å². The minimum atomic E-state index is -0.411. The first kappa shape index (κ1) is 22.5. The van der Waals surface area contributed by atoms with Crippen LogP contribution in [-0.2, 0) is 0 Å². The van der Waals surface area contributed by atoms with E-state index in [0.717, 1.165) is 38.2 Å². The third-order valence-corrected chi connectivity index (χ3v) is 6.17. The highest BCUT2D eigenvalue weighted by Crippen LogP contribution is 2.36. The molecule has 35 heavy (non-hydrogen) atoms. The molecule has 0 aliphatic carbocycles. The second-order valence-electron chi connectivity index (χ2n) is 7.91. The lowest BCUT2D eigenvalue weighted by Crippen LogP contribution is -2.00. The molecule has 0 unspecified atom stereocenters. The number of halogens is 1. The fraction of sp³-hybridized carbons (Fsp3) is 0. The van der Waals surface area contributed by atoms with E-state index in [1.165, 1.54) is 12.1 Å². The fourth-order valence-corrected chi connectivity index (χ4v) is 4.27. The van der Waals surface area contributed by atoms with Gasteiger partial charge in [-0.3, -0.25) is 15.1 Å². The molecule has 4 aromatic carbocycles. The van der Waals surface area contributed by atoms with E-state index in [1.807, 2.05) is 54.7 Å². The minimum absolute atomic E-state index is 0.0432. The number of benzene rings is 4. The van der Waals surface area contributed by atoms with Crippen molar-refractivity contribution in [2.45, 2.75) is 0 Å². The molecular formula is C29H20BrN3O2. The summed E-state index contributed by atoms with van der Waals surface area (Å²) in [6.07, 6.45) is 1.82. The Hall–Kier alpha value is -4.29. The Bertz CT molecular complexity index is 1490. The highest BCUT2D eigenvalue weighted by molar-refractivity contribution is 9.10. The maximum atomic E-state index is 11.0. The Morgan fingerprint density at radius 3 is 1.97 bits per heavy atom. The number of non-ortho nitro benzene ring substituents is 1. The monoisotopic (exact) mass is 521 g/mol. The van der Waals surface area contributed by atoms with Gasteiger partial charge < -0.3 is 4.57 Å². The molecule has 0 atom stereocenters. The van der Waals surface area contributed by atoms with E-state index in [4.69, 9.17) is 0 Å². The summed E-state index contributed by atoms with van der Waals surface area (Å²) in [5.74, 6) is 0. The molecule has 5 aromatic rings. The summed E-state index contributed by atoms with van der Waals surface area (Å²) in [6, 6.07) is 37.1. The summed E-state index contributed by atoms with van der Waals surface area (Å²) in [7, 11) is 0. The van der Waals surface area contributed by atoms with Crippen molar-refractivity contribution in [3.05, 3.63) is 135 Å². The zero-order valence-electron chi connectivity index (χ0n) is 18.6. The van der Waals surface area contributed by atoms with E-state index in [2.05, 4.69) is 68.0 Å². The van der Waals surface area contributed by atoms with Crippen LogP contribution in [0.25, 0.3) is 28.2 Å². The van der Waals surface area contributed by atoms with Crippen molar-refractivity contribution in [3.8, 4) is 28.2 Å². The largest absolute Gasteiger partial charge is 0.309 e. The van der Waals surface area contributed by atoms with E-state index in [1.54, 1.807) is 12.1 Å². The van der Waals surface area contributed by atoms with Gasteiger partial charge in [0.1, 0.15) is 0 Å². The first-order valence-corrected chi connectivity index (χ1v) is 11.8. The SMILES string of the molecule is O=[N+]([O-])c1ccc(N=Cc2cc(-c3ccccc3)n(-c3ccc(Br)cc3)c2-c2ccccc2)cc1. The Labute approximate surface area is 211 Å². The van der Waals surface area contributed by atoms with Crippen LogP contribution in [0.4, 0.5) is 11.4 Å². The molecule has 0 N–H and O–H groups in total. The van der Waals surface area contributed by atoms with E-state index in [9.17, 15) is 10.1 Å². The maximum absolute atomic E-state index is 11.0. The van der Waals surface area contributed by atoms with Gasteiger partial charge in [-0.05, 0) is 53.6 Å². The summed E-state index contributed by atoms with van der Waals surface area (Å²) in [5, 5.41) is 11.0. The number of nitro benzene ring substituents is 1. The number of aromatic nitrogens is 1. The maximum Gasteiger partial charge on any atom is 0.269 e. The van der Waals surface area contributed by atoms with E-state index < -0.39 is 4.92 Å². The molecule has 0 aliphatic heterocycles. The smallest absolute Gasteiger partial charge is 0.269 e. The van der Waals surface area contributed by atoms with Crippen LogP contribution in [0.15, 0.2) is 125 Å². The third kappa shape index (κ3) is 4.83. The van der Waals surface area contributed by atoms with E-state index in [-0.39, 0.29) is 5.69 Å². The molecule has 0 spiro atoms. The number of nitro groups is 1. The number of rotatable bonds is 6. The van der Waals surface area contributed by atoms with Crippen LogP contribution in [0, 0.1) is 10.1 Å². The molecule has 0 radical (unpaired) electrons. The standard InChI is InChI=1S/C29H20BrN3O2/c30-24-11-15-26(16-12-24)32-28(21-7-3-1-4-8-21)19-23(29(32)22-9-5-2-6-10-22)20-31-25-13-17-27(18-14-25)33(34)35/h1-20H. The van der Waals surface area contributed by atoms with Crippen molar-refractivity contribution < 1.29 is 4.92 Å². The lowest BCUT2D eigenvalue weighted by atomic mass is 10.1. The molecule has 0 bridgehead atoms. The molecule has 0 saturated heterocycles. The quantitative estimate of drug-likeness (QED) is 0.128. The van der Waals surface area contributed by atoms with Crippen LogP contribution >= 0.6 is 15.9 Å². The predicted molar refractivity (Wildman–Crippen MR) is 145 cm³/mol. The van der Waals surface area contributed by atoms with Crippen molar-refractivity contribution >= 4 is 33.5 Å². The van der Waals surface area contributed by atoms with Crippen LogP contribution in [0.5, 0.6) is 0 Å². The summed E-state index contributed by atoms with van der Waals surface area (Å²) in [6.45, 7) is 0. The second kappa shape index (κ2) is 9.91. The number of hydrogen-bond acceptors (Lipinski definition) is 3. The van der Waals surface area contributed by atoms with Crippen LogP contribution in [-0.4, -0.2) is 15.7 Å². The Kier molecular flexibility index (Phi) is 6.37. The normalized spacial score (nSPS) is 11.1. The molecule has 0 amide bonds. The summed E-state index contributed by atoms with van der Waals surface area (Å²) in [4.78, 5) is 15.2. The van der Waals surface area contributed by atoms with E-state index in [0.29, 0.717) is 5.69 Å². The molecule has 0 aliphatic rings. The molecule has 5 nitrogen and oxygen atoms in total. The highest BCUT2D eigenvalue weighted by Gasteiger charge is 2.18. The number of hydrogen-bond donors (Lipinski definition) is 0. The van der Waals surface area contributed by atoms with Crippen LogP contribution in [0.3, 0.4) is 0 Å². The fourth-order valence-electron chi connectivity index (χ4n) is 4.00. The van der Waals surface area contributed by atoms with Gasteiger partial charge in [-0.15, -0.1) is 0 Å². The summed E-state index contributed by atoms with van der Waals surface area (Å²) in [5.41, 5.74) is 6.85. The van der Waals surface area contributed by atoms with Crippen molar-refractivity contribution in [2.75, 3.05) is 0 Å². The van der Waals surface area contributed by atoms with Gasteiger partial charge in [-0.25, -0.2) is 0 Å². The Balaban J connectivity index is 1.72. The van der Waals surface area contributed by atoms with Crippen molar-refractivity contribution in [2.24, 2.45) is 4.99 Å². The first-order valence-electron chi connectivity index (χ1n) is 11.0. The molecule has 0 fully saturated rings. The summed E-state index contributed by atoms with van der Waals surface area (Å²) < 4.78 is 3.25. The van der Waals surface area contributed by atoms with Gasteiger partial charge in [-0.2, -0.15) is 0 Å². The van der Waals surface area contributed by atoms with Crippen molar-refractivity contribution in [3.63, 3.8) is 0 Å². The zero-order valence-corrected chi connectivity index (χ0v) is 20.2. The second-order valence-corrected chi connectivity index (χ2v) is 8.82. The van der Waals surface area contributed by atoms with Gasteiger partial charge in [0.2, 0.25) is 0 Å². The first-order chi connectivity index (χ1) is 17.1. The van der Waals surface area contributed by atoms with E-state index >= 15 is 0 Å². The molecule has 0 saturated carbocycles. The molecule has 1 heterocycles. The average molecular weight is 522 g/mol. The molecule has 5 rings (SSSR count). The van der Waals surface area contributed by atoms with Crippen molar-refractivity contribution in [1.29, 1.82) is 0 Å². The average Bonchev–Trinajstić information content (AvgIpc) is 3.28. The van der Waals surface area contributed by atoms with Gasteiger partial charge in [-0.1, -0.05) is 76.6 Å². The number of nitrogens with zero attached hydrogens (tertiary/aromatic N) is 3. The lowest BCUT2D eigenvalue weighted by molar-refractivity contribution is -0.384. The molecule has 170 valence electrons. The summed E-state index contributed by atoms with van der Waals surface area (Å²) >= 11 is 3.54. The predicted octanol–water partition coefficient (Wildman–Crippen LogP) is 8.23. The topological polar surface area (TPSA) is 60.4 Å². The minimum Gasteiger partial charge on any atom is -0.309 e. The highest BCUT2D eigenvalue weighted by atomic mass is 79.9. The molecule has 1 aromatic heterocycles. The Morgan fingerprint density at radius 1 is 0.771 bits per heavy atom. The van der Waals surface area contributed by atoms with Crippen LogP contribution in [0.2, 0.25) is 0 Å². The number of aliphatic imine (C=N–C) groups is 1. The Morgan fingerprint density at radius 2 is 1.37 bits per heavy atom. The van der Waals surface area contributed by atoms with Gasteiger partial charge in [0.15, 0.2) is 0 Å². The van der Waals surface area contributed by atoms with Gasteiger partial charge in [0, 0.05) is 34.1 Å². The third-order valence-electron chi connectivity index (χ3n) is 5.65.